The summed E-state index contributed by atoms with van der Waals surface area (Å²) in [7, 11) is 0. The number of carboxylic acids is 1. The Hall–Kier alpha value is -2.98. The molecule has 3 aromatic rings. The Labute approximate surface area is 194 Å². The van der Waals surface area contributed by atoms with Crippen molar-refractivity contribution in [3.05, 3.63) is 74.6 Å². The Morgan fingerprint density at radius 3 is 2.30 bits per heavy atom. The second kappa shape index (κ2) is 9.88. The van der Waals surface area contributed by atoms with Crippen LogP contribution in [0.3, 0.4) is 0 Å². The zero-order chi connectivity index (χ0) is 24.3. The van der Waals surface area contributed by atoms with Crippen LogP contribution in [0.4, 0.5) is 22.0 Å². The maximum Gasteiger partial charge on any atom is 0.427 e. The van der Waals surface area contributed by atoms with Gasteiger partial charge in [0.1, 0.15) is 11.5 Å². The number of alkyl halides is 3. The average Bonchev–Trinajstić information content (AvgIpc) is 3.16. The van der Waals surface area contributed by atoms with Crippen LogP contribution in [0.2, 0.25) is 5.02 Å². The van der Waals surface area contributed by atoms with Gasteiger partial charge in [-0.25, -0.2) is 13.6 Å². The third-order valence-corrected chi connectivity index (χ3v) is 5.73. The van der Waals surface area contributed by atoms with E-state index in [9.17, 15) is 26.7 Å². The molecule has 0 aliphatic heterocycles. The average molecular weight is 504 g/mol. The van der Waals surface area contributed by atoms with E-state index in [2.05, 4.69) is 4.37 Å². The number of rotatable bonds is 7. The zero-order valence-corrected chi connectivity index (χ0v) is 18.4. The minimum Gasteiger partial charge on any atom is -0.483 e. The summed E-state index contributed by atoms with van der Waals surface area (Å²) in [4.78, 5) is 10.0. The van der Waals surface area contributed by atoms with Crippen LogP contribution >= 0.6 is 23.1 Å². The highest BCUT2D eigenvalue weighted by Crippen LogP contribution is 2.40. The van der Waals surface area contributed by atoms with Gasteiger partial charge < -0.3 is 9.84 Å². The van der Waals surface area contributed by atoms with E-state index in [0.717, 1.165) is 18.2 Å². The highest BCUT2D eigenvalue weighted by atomic mass is 35.5. The standard InChI is InChI=1S/C22H15ClF5NO3S/c1-2-12(21(30)31)7-11-8-16(24)19(17(25)9-11)32-10-15-18(13-3-5-14(23)6-4-13)29-33-20(15)22(26,27)28/h3-9H,2,10H2,1H3,(H,30,31)/b12-7+. The lowest BCUT2D eigenvalue weighted by atomic mass is 10.1. The minimum atomic E-state index is -4.75. The first-order valence-corrected chi connectivity index (χ1v) is 10.5. The molecule has 1 heterocycles. The van der Waals surface area contributed by atoms with Crippen molar-refractivity contribution in [2.45, 2.75) is 26.1 Å². The number of aromatic nitrogens is 1. The highest BCUT2D eigenvalue weighted by Gasteiger charge is 2.38. The molecule has 0 unspecified atom stereocenters. The number of benzene rings is 2. The molecule has 0 radical (unpaired) electrons. The second-order valence-corrected chi connectivity index (χ2v) is 7.98. The smallest absolute Gasteiger partial charge is 0.427 e. The van der Waals surface area contributed by atoms with Gasteiger partial charge in [0.05, 0.1) is 5.69 Å². The van der Waals surface area contributed by atoms with Gasteiger partial charge in [-0.1, -0.05) is 30.7 Å². The van der Waals surface area contributed by atoms with E-state index in [0.29, 0.717) is 10.6 Å². The number of aliphatic carboxylic acids is 1. The number of nitrogens with zero attached hydrogens (tertiary/aromatic N) is 1. The van der Waals surface area contributed by atoms with Crippen molar-refractivity contribution in [1.29, 1.82) is 0 Å². The lowest BCUT2D eigenvalue weighted by Gasteiger charge is -2.12. The Kier molecular flexibility index (Phi) is 7.38. The third kappa shape index (κ3) is 5.69. The molecular weight excluding hydrogens is 489 g/mol. The van der Waals surface area contributed by atoms with Gasteiger partial charge in [0.2, 0.25) is 0 Å². The van der Waals surface area contributed by atoms with Gasteiger partial charge in [-0.05, 0) is 53.9 Å². The molecule has 33 heavy (non-hydrogen) atoms. The van der Waals surface area contributed by atoms with Crippen molar-refractivity contribution in [1.82, 2.24) is 4.37 Å². The molecule has 0 saturated heterocycles. The number of halogens is 6. The monoisotopic (exact) mass is 503 g/mol. The molecular formula is C22H15ClF5NO3S. The summed E-state index contributed by atoms with van der Waals surface area (Å²) >= 11 is 6.02. The number of hydrogen-bond acceptors (Lipinski definition) is 4. The molecule has 0 saturated carbocycles. The fraction of sp³-hybridized carbons (Fsp3) is 0.182. The van der Waals surface area contributed by atoms with Crippen LogP contribution in [-0.4, -0.2) is 15.4 Å². The van der Waals surface area contributed by atoms with Gasteiger partial charge >= 0.3 is 12.1 Å². The van der Waals surface area contributed by atoms with Crippen molar-refractivity contribution in [2.75, 3.05) is 0 Å². The molecule has 1 N–H and O–H groups in total. The molecule has 0 amide bonds. The molecule has 0 aliphatic carbocycles. The molecule has 3 rings (SSSR count). The van der Waals surface area contributed by atoms with E-state index in [1.807, 2.05) is 0 Å². The lowest BCUT2D eigenvalue weighted by molar-refractivity contribution is -0.135. The topological polar surface area (TPSA) is 59.4 Å². The summed E-state index contributed by atoms with van der Waals surface area (Å²) in [5, 5.41) is 9.43. The summed E-state index contributed by atoms with van der Waals surface area (Å²) in [6, 6.07) is 7.57. The fourth-order valence-corrected chi connectivity index (χ4v) is 3.86. The summed E-state index contributed by atoms with van der Waals surface area (Å²) in [6.07, 6.45) is -3.53. The predicted octanol–water partition coefficient (Wildman–Crippen LogP) is 7.22. The molecule has 0 bridgehead atoms. The number of ether oxygens (including phenoxy) is 1. The van der Waals surface area contributed by atoms with Crippen LogP contribution in [-0.2, 0) is 17.6 Å². The zero-order valence-electron chi connectivity index (χ0n) is 16.8. The largest absolute Gasteiger partial charge is 0.483 e. The Morgan fingerprint density at radius 1 is 1.18 bits per heavy atom. The second-order valence-electron chi connectivity index (χ2n) is 6.77. The van der Waals surface area contributed by atoms with Crippen molar-refractivity contribution in [2.24, 2.45) is 0 Å². The van der Waals surface area contributed by atoms with Crippen LogP contribution < -0.4 is 4.74 Å². The molecule has 11 heteroatoms. The van der Waals surface area contributed by atoms with Crippen molar-refractivity contribution < 1.29 is 36.6 Å². The SMILES string of the molecule is CC/C(=C\c1cc(F)c(OCc2c(-c3ccc(Cl)cc3)nsc2C(F)(F)F)c(F)c1)C(=O)O. The maximum atomic E-state index is 14.5. The summed E-state index contributed by atoms with van der Waals surface area (Å²) in [5.74, 6) is -4.50. The minimum absolute atomic E-state index is 0.0431. The van der Waals surface area contributed by atoms with Crippen molar-refractivity contribution in [3.8, 4) is 17.0 Å². The quantitative estimate of drug-likeness (QED) is 0.273. The fourth-order valence-electron chi connectivity index (χ4n) is 2.96. The summed E-state index contributed by atoms with van der Waals surface area (Å²) < 4.78 is 78.5. The Morgan fingerprint density at radius 2 is 1.79 bits per heavy atom. The van der Waals surface area contributed by atoms with Crippen LogP contribution in [0.25, 0.3) is 17.3 Å². The van der Waals surface area contributed by atoms with Gasteiger partial charge in [0.15, 0.2) is 17.4 Å². The first-order valence-electron chi connectivity index (χ1n) is 9.38. The Balaban J connectivity index is 1.96. The molecule has 1 aromatic heterocycles. The normalized spacial score (nSPS) is 12.2. The van der Waals surface area contributed by atoms with Crippen molar-refractivity contribution >= 4 is 35.2 Å². The summed E-state index contributed by atoms with van der Waals surface area (Å²) in [6.45, 7) is 0.761. The first-order chi connectivity index (χ1) is 15.5. The van der Waals surface area contributed by atoms with Crippen LogP contribution in [0.1, 0.15) is 29.3 Å². The molecule has 4 nitrogen and oxygen atoms in total. The predicted molar refractivity (Wildman–Crippen MR) is 114 cm³/mol. The molecule has 0 aliphatic rings. The highest BCUT2D eigenvalue weighted by molar-refractivity contribution is 7.06. The number of carbonyl (C=O) groups is 1. The molecule has 174 valence electrons. The molecule has 2 aromatic carbocycles. The van der Waals surface area contributed by atoms with Gasteiger partial charge in [0, 0.05) is 21.7 Å². The Bertz CT molecular complexity index is 1180. The lowest BCUT2D eigenvalue weighted by Crippen LogP contribution is -2.09. The van der Waals surface area contributed by atoms with Crippen molar-refractivity contribution in [3.63, 3.8) is 0 Å². The van der Waals surface area contributed by atoms with E-state index < -0.39 is 41.0 Å². The molecule has 0 fully saturated rings. The van der Waals surface area contributed by atoms with E-state index in [-0.39, 0.29) is 40.3 Å². The van der Waals surface area contributed by atoms with E-state index >= 15 is 0 Å². The van der Waals surface area contributed by atoms with Crippen LogP contribution in [0, 0.1) is 11.6 Å². The molecule has 0 spiro atoms. The molecule has 0 atom stereocenters. The first kappa shape index (κ1) is 24.7. The van der Waals surface area contributed by atoms with Gasteiger partial charge in [-0.2, -0.15) is 17.5 Å². The maximum absolute atomic E-state index is 14.5. The third-order valence-electron chi connectivity index (χ3n) is 4.54. The number of carboxylic acid groups (broad SMARTS) is 1. The summed E-state index contributed by atoms with van der Waals surface area (Å²) in [5.41, 5.74) is -0.233. The van der Waals surface area contributed by atoms with Gasteiger partial charge in [0.25, 0.3) is 0 Å². The number of hydrogen-bond donors (Lipinski definition) is 1. The van der Waals surface area contributed by atoms with Crippen LogP contribution in [0.5, 0.6) is 5.75 Å². The van der Waals surface area contributed by atoms with Gasteiger partial charge in [-0.3, -0.25) is 0 Å². The van der Waals surface area contributed by atoms with E-state index in [1.165, 1.54) is 24.3 Å². The van der Waals surface area contributed by atoms with E-state index in [1.54, 1.807) is 6.92 Å². The van der Waals surface area contributed by atoms with Gasteiger partial charge in [-0.15, -0.1) is 0 Å². The van der Waals surface area contributed by atoms with Crippen LogP contribution in [0.15, 0.2) is 42.0 Å². The van der Waals surface area contributed by atoms with E-state index in [4.69, 9.17) is 21.4 Å².